The third-order valence-electron chi connectivity index (χ3n) is 3.66. The number of carbonyl (C=O) groups excluding carboxylic acids is 1. The molecule has 0 saturated heterocycles. The first-order valence-corrected chi connectivity index (χ1v) is 8.23. The Morgan fingerprint density at radius 2 is 1.30 bits per heavy atom. The maximum absolute atomic E-state index is 14.4. The first-order chi connectivity index (χ1) is 14.8. The van der Waals surface area contributed by atoms with Gasteiger partial charge < -0.3 is 0 Å². The number of ether oxygens (including phenoxy) is 2. The highest BCUT2D eigenvalue weighted by Crippen LogP contribution is 2.49. The summed E-state index contributed by atoms with van der Waals surface area (Å²) in [6.45, 7) is 0.639. The van der Waals surface area contributed by atoms with Crippen molar-refractivity contribution in [2.24, 2.45) is 0 Å². The molecule has 182 valence electrons. The Morgan fingerprint density at radius 1 is 0.788 bits per heavy atom. The predicted octanol–water partition coefficient (Wildman–Crippen LogP) is 5.77. The molecule has 1 heterocycles. The van der Waals surface area contributed by atoms with Crippen LogP contribution in [-0.2, 0) is 15.6 Å². The third-order valence-corrected chi connectivity index (χ3v) is 3.66. The van der Waals surface area contributed by atoms with E-state index in [1.165, 1.54) is 30.3 Å². The number of hydrogen-bond acceptors (Lipinski definition) is 5. The number of carbonyl (C=O) groups is 1. The van der Waals surface area contributed by atoms with Crippen molar-refractivity contribution in [3.8, 4) is 11.4 Å². The van der Waals surface area contributed by atoms with Gasteiger partial charge in [0.2, 0.25) is 0 Å². The number of Topliss-reactive ketones (excluding diaryl/α,β-unsaturated/α-hetero) is 1. The zero-order valence-electron chi connectivity index (χ0n) is 15.7. The maximum atomic E-state index is 14.4. The van der Waals surface area contributed by atoms with E-state index >= 15 is 0 Å². The van der Waals surface area contributed by atoms with Crippen molar-refractivity contribution in [3.63, 3.8) is 0 Å². The van der Waals surface area contributed by atoms with Crippen molar-refractivity contribution in [1.29, 1.82) is 0 Å². The molecule has 0 radical (unpaired) electrons. The average molecular weight is 498 g/mol. The molecular formula is C17H9F11N2O3. The van der Waals surface area contributed by atoms with Gasteiger partial charge in [-0.25, -0.2) is 19.4 Å². The van der Waals surface area contributed by atoms with E-state index < -0.39 is 53.5 Å². The Labute approximate surface area is 176 Å². The van der Waals surface area contributed by atoms with Crippen LogP contribution in [0, 0.1) is 0 Å². The fourth-order valence-corrected chi connectivity index (χ4v) is 2.13. The minimum absolute atomic E-state index is 0.00473. The van der Waals surface area contributed by atoms with Crippen LogP contribution in [-0.4, -0.2) is 40.3 Å². The van der Waals surface area contributed by atoms with Crippen LogP contribution < -0.4 is 0 Å². The van der Waals surface area contributed by atoms with Crippen molar-refractivity contribution in [1.82, 2.24) is 9.97 Å². The normalized spacial score (nSPS) is 13.8. The molecule has 2 rings (SSSR count). The summed E-state index contributed by atoms with van der Waals surface area (Å²) in [5.74, 6) is -1.89. The second-order valence-corrected chi connectivity index (χ2v) is 6.15. The van der Waals surface area contributed by atoms with Crippen LogP contribution in [0.4, 0.5) is 48.3 Å². The Hall–Kier alpha value is -2.88. The van der Waals surface area contributed by atoms with E-state index in [0.717, 1.165) is 0 Å². The lowest BCUT2D eigenvalue weighted by Gasteiger charge is -2.31. The van der Waals surface area contributed by atoms with E-state index in [0.29, 0.717) is 13.1 Å². The minimum atomic E-state index is -6.92. The van der Waals surface area contributed by atoms with E-state index in [2.05, 4.69) is 14.7 Å². The van der Waals surface area contributed by atoms with Crippen LogP contribution in [0.2, 0.25) is 0 Å². The lowest BCUT2D eigenvalue weighted by Crippen LogP contribution is -2.54. The van der Waals surface area contributed by atoms with Crippen LogP contribution in [0.25, 0.3) is 11.4 Å². The molecule has 33 heavy (non-hydrogen) atoms. The van der Waals surface area contributed by atoms with Crippen molar-refractivity contribution < 1.29 is 62.6 Å². The van der Waals surface area contributed by atoms with Crippen LogP contribution in [0.3, 0.4) is 0 Å². The predicted molar refractivity (Wildman–Crippen MR) is 84.4 cm³/mol. The number of halogens is 11. The summed E-state index contributed by atoms with van der Waals surface area (Å²) in [6, 6.07) is 6.73. The molecule has 0 bridgehead atoms. The lowest BCUT2D eigenvalue weighted by atomic mass is 10.1. The molecule has 0 unspecified atom stereocenters. The number of alkyl halides is 11. The zero-order valence-corrected chi connectivity index (χ0v) is 15.7. The Balaban J connectivity index is 2.49. The van der Waals surface area contributed by atoms with Gasteiger partial charge >= 0.3 is 30.6 Å². The van der Waals surface area contributed by atoms with Gasteiger partial charge in [-0.3, -0.25) is 4.79 Å². The lowest BCUT2D eigenvalue weighted by molar-refractivity contribution is -0.538. The largest absolute Gasteiger partial charge is 0.483 e. The second-order valence-electron chi connectivity index (χ2n) is 6.15. The van der Waals surface area contributed by atoms with Gasteiger partial charge in [0, 0.05) is 11.8 Å². The molecular weight excluding hydrogens is 489 g/mol. The highest BCUT2D eigenvalue weighted by Gasteiger charge is 2.73. The SMILES string of the molecule is CC(=O)c1cnc(-c2ccccc2)nc1C(F)(F)OC(F)(F)C(F)(F)OC(F)(F)C(F)(F)F. The molecule has 0 atom stereocenters. The van der Waals surface area contributed by atoms with Crippen molar-refractivity contribution in [3.05, 3.63) is 47.8 Å². The Morgan fingerprint density at radius 3 is 1.79 bits per heavy atom. The minimum Gasteiger partial charge on any atom is -0.294 e. The average Bonchev–Trinajstić information content (AvgIpc) is 2.65. The van der Waals surface area contributed by atoms with E-state index in [1.54, 1.807) is 0 Å². The summed E-state index contributed by atoms with van der Waals surface area (Å²) in [4.78, 5) is 18.3. The number of aromatic nitrogens is 2. The number of nitrogens with zero attached hydrogens (tertiary/aromatic N) is 2. The fraction of sp³-hybridized carbons (Fsp3) is 0.353. The van der Waals surface area contributed by atoms with Gasteiger partial charge in [-0.2, -0.15) is 48.3 Å². The molecule has 0 N–H and O–H groups in total. The van der Waals surface area contributed by atoms with Crippen LogP contribution in [0.5, 0.6) is 0 Å². The highest BCUT2D eigenvalue weighted by atomic mass is 19.4. The number of benzene rings is 1. The van der Waals surface area contributed by atoms with Gasteiger partial charge in [0.1, 0.15) is 0 Å². The first kappa shape index (κ1) is 26.4. The third kappa shape index (κ3) is 5.55. The summed E-state index contributed by atoms with van der Waals surface area (Å²) >= 11 is 0. The van der Waals surface area contributed by atoms with Crippen LogP contribution in [0.15, 0.2) is 36.5 Å². The summed E-state index contributed by atoms with van der Waals surface area (Å²) in [5.41, 5.74) is -3.18. The Bertz CT molecular complexity index is 1010. The summed E-state index contributed by atoms with van der Waals surface area (Å²) in [5, 5.41) is 0. The van der Waals surface area contributed by atoms with Gasteiger partial charge in [0.05, 0.1) is 5.56 Å². The first-order valence-electron chi connectivity index (χ1n) is 8.23. The van der Waals surface area contributed by atoms with Gasteiger partial charge in [0.25, 0.3) is 0 Å². The molecule has 0 aliphatic heterocycles. The fourth-order valence-electron chi connectivity index (χ4n) is 2.13. The number of rotatable bonds is 8. The molecule has 0 spiro atoms. The van der Waals surface area contributed by atoms with Crippen molar-refractivity contribution in [2.75, 3.05) is 0 Å². The van der Waals surface area contributed by atoms with Crippen molar-refractivity contribution >= 4 is 5.78 Å². The summed E-state index contributed by atoms with van der Waals surface area (Å²) in [7, 11) is 0. The van der Waals surface area contributed by atoms with Gasteiger partial charge in [-0.15, -0.1) is 0 Å². The maximum Gasteiger partial charge on any atom is 0.483 e. The van der Waals surface area contributed by atoms with E-state index in [-0.39, 0.29) is 5.56 Å². The molecule has 2 aromatic rings. The summed E-state index contributed by atoms with van der Waals surface area (Å²) in [6.07, 6.45) is -32.6. The molecule has 0 fully saturated rings. The highest BCUT2D eigenvalue weighted by molar-refractivity contribution is 5.95. The van der Waals surface area contributed by atoms with Gasteiger partial charge in [0.15, 0.2) is 17.3 Å². The molecule has 1 aromatic carbocycles. The topological polar surface area (TPSA) is 61.3 Å². The molecule has 0 saturated carbocycles. The van der Waals surface area contributed by atoms with Gasteiger partial charge in [-0.1, -0.05) is 30.3 Å². The second kappa shape index (κ2) is 8.48. The zero-order chi connectivity index (χ0) is 25.5. The van der Waals surface area contributed by atoms with Crippen LogP contribution >= 0.6 is 0 Å². The molecule has 0 amide bonds. The van der Waals surface area contributed by atoms with E-state index in [1.807, 2.05) is 4.74 Å². The Kier molecular flexibility index (Phi) is 6.77. The van der Waals surface area contributed by atoms with E-state index in [9.17, 15) is 53.1 Å². The van der Waals surface area contributed by atoms with E-state index in [4.69, 9.17) is 0 Å². The smallest absolute Gasteiger partial charge is 0.294 e. The molecule has 16 heteroatoms. The van der Waals surface area contributed by atoms with Crippen LogP contribution in [0.1, 0.15) is 23.0 Å². The molecule has 0 aliphatic rings. The molecule has 0 aliphatic carbocycles. The summed E-state index contributed by atoms with van der Waals surface area (Å²) < 4.78 is 149. The monoisotopic (exact) mass is 498 g/mol. The standard InChI is InChI=1S/C17H9F11N2O3/c1-8(31)10-7-29-12(9-5-3-2-4-6-9)30-11(10)13(18,19)32-16(25,26)17(27,28)33-15(23,24)14(20,21)22/h2-7H,1H3. The molecule has 1 aromatic heterocycles. The molecule has 5 nitrogen and oxygen atoms in total. The van der Waals surface area contributed by atoms with Gasteiger partial charge in [-0.05, 0) is 6.92 Å². The number of hydrogen-bond donors (Lipinski definition) is 0. The quantitative estimate of drug-likeness (QED) is 0.342. The number of ketones is 1. The van der Waals surface area contributed by atoms with Crippen molar-refractivity contribution in [2.45, 2.75) is 37.5 Å².